The summed E-state index contributed by atoms with van der Waals surface area (Å²) in [5.74, 6) is 0.0782. The van der Waals surface area contributed by atoms with Crippen molar-refractivity contribution in [3.63, 3.8) is 0 Å². The number of carbonyl (C=O) groups excluding carboxylic acids is 1. The second-order valence-electron chi connectivity index (χ2n) is 4.03. The molecule has 3 nitrogen and oxygen atoms in total. The molecule has 0 radical (unpaired) electrons. The first-order valence-electron chi connectivity index (χ1n) is 5.74. The Labute approximate surface area is 105 Å². The number of aliphatic imine (C=N–C) groups is 1. The first kappa shape index (κ1) is 10.7. The summed E-state index contributed by atoms with van der Waals surface area (Å²) < 4.78 is 5.23. The molecule has 3 heteroatoms. The van der Waals surface area contributed by atoms with E-state index in [1.165, 1.54) is 0 Å². The van der Waals surface area contributed by atoms with Gasteiger partial charge in [0.05, 0.1) is 0 Å². The number of nitrogens with zero attached hydrogens (tertiary/aromatic N) is 1. The van der Waals surface area contributed by atoms with Crippen molar-refractivity contribution < 1.29 is 9.53 Å². The Kier molecular flexibility index (Phi) is 2.65. The van der Waals surface area contributed by atoms with Gasteiger partial charge in [0, 0.05) is 5.56 Å². The van der Waals surface area contributed by atoms with Crippen LogP contribution in [0.4, 0.5) is 0 Å². The zero-order valence-corrected chi connectivity index (χ0v) is 9.61. The maximum Gasteiger partial charge on any atom is 0.342 e. The lowest BCUT2D eigenvalue weighted by Crippen LogP contribution is -2.08. The third-order valence-electron chi connectivity index (χ3n) is 2.80. The van der Waals surface area contributed by atoms with Gasteiger partial charge in [-0.3, -0.25) is 0 Å². The first-order valence-corrected chi connectivity index (χ1v) is 5.74. The molecule has 2 aromatic carbocycles. The quantitative estimate of drug-likeness (QED) is 0.753. The summed E-state index contributed by atoms with van der Waals surface area (Å²) in [6.45, 7) is 0. The van der Waals surface area contributed by atoms with Crippen LogP contribution < -0.4 is 0 Å². The molecule has 0 unspecified atom stereocenters. The number of carbonyl (C=O) groups is 1. The number of cyclic esters (lactones) is 1. The zero-order chi connectivity index (χ0) is 12.4. The van der Waals surface area contributed by atoms with E-state index in [1.807, 2.05) is 60.7 Å². The summed E-state index contributed by atoms with van der Waals surface area (Å²) in [6.07, 6.45) is 0. The second-order valence-corrected chi connectivity index (χ2v) is 4.03. The molecular weight excluding hydrogens is 226 g/mol. The molecule has 0 saturated carbocycles. The van der Waals surface area contributed by atoms with Crippen molar-refractivity contribution in [2.45, 2.75) is 6.04 Å². The van der Waals surface area contributed by atoms with Crippen LogP contribution in [0.3, 0.4) is 0 Å². The lowest BCUT2D eigenvalue weighted by atomic mass is 10.1. The van der Waals surface area contributed by atoms with Crippen molar-refractivity contribution in [3.8, 4) is 0 Å². The molecule has 0 N–H and O–H groups in total. The molecule has 0 aromatic heterocycles. The fourth-order valence-electron chi connectivity index (χ4n) is 1.91. The molecule has 0 spiro atoms. The molecule has 1 heterocycles. The monoisotopic (exact) mass is 237 g/mol. The summed E-state index contributed by atoms with van der Waals surface area (Å²) in [6, 6.07) is 18.3. The first-order chi connectivity index (χ1) is 8.84. The van der Waals surface area contributed by atoms with Gasteiger partial charge in [0.25, 0.3) is 0 Å². The van der Waals surface area contributed by atoms with Crippen molar-refractivity contribution in [1.82, 2.24) is 0 Å². The second kappa shape index (κ2) is 4.45. The van der Waals surface area contributed by atoms with Crippen molar-refractivity contribution in [1.29, 1.82) is 0 Å². The number of benzene rings is 2. The Morgan fingerprint density at radius 2 is 1.50 bits per heavy atom. The van der Waals surface area contributed by atoms with Gasteiger partial charge in [0.15, 0.2) is 6.04 Å². The van der Waals surface area contributed by atoms with Crippen LogP contribution in [0, 0.1) is 0 Å². The molecule has 2 aromatic rings. The van der Waals surface area contributed by atoms with Crippen LogP contribution in [-0.2, 0) is 9.53 Å². The van der Waals surface area contributed by atoms with Crippen LogP contribution >= 0.6 is 0 Å². The fraction of sp³-hybridized carbons (Fsp3) is 0.0667. The van der Waals surface area contributed by atoms with E-state index < -0.39 is 6.04 Å². The summed E-state index contributed by atoms with van der Waals surface area (Å²) in [4.78, 5) is 16.2. The Morgan fingerprint density at radius 3 is 2.17 bits per heavy atom. The van der Waals surface area contributed by atoms with Gasteiger partial charge in [0.1, 0.15) is 0 Å². The molecule has 1 aliphatic rings. The Morgan fingerprint density at radius 1 is 0.889 bits per heavy atom. The third-order valence-corrected chi connectivity index (χ3v) is 2.80. The average Bonchev–Trinajstić information content (AvgIpc) is 2.83. The Balaban J connectivity index is 1.95. The molecule has 1 atom stereocenters. The van der Waals surface area contributed by atoms with Gasteiger partial charge < -0.3 is 4.74 Å². The Bertz CT molecular complexity index is 590. The lowest BCUT2D eigenvalue weighted by molar-refractivity contribution is -0.135. The van der Waals surface area contributed by atoms with Crippen LogP contribution in [0.15, 0.2) is 65.7 Å². The number of hydrogen-bond acceptors (Lipinski definition) is 3. The SMILES string of the molecule is O=C1OC(c2ccccc2)=N[C@@H]1c1ccccc1. The molecule has 0 aliphatic carbocycles. The van der Waals surface area contributed by atoms with E-state index in [9.17, 15) is 4.79 Å². The highest BCUT2D eigenvalue weighted by Crippen LogP contribution is 2.26. The van der Waals surface area contributed by atoms with E-state index in [0.717, 1.165) is 11.1 Å². The van der Waals surface area contributed by atoms with Gasteiger partial charge >= 0.3 is 5.97 Å². The minimum Gasteiger partial charge on any atom is -0.405 e. The van der Waals surface area contributed by atoms with Crippen molar-refractivity contribution in [2.24, 2.45) is 4.99 Å². The summed E-state index contributed by atoms with van der Waals surface area (Å²) in [5.41, 5.74) is 1.68. The largest absolute Gasteiger partial charge is 0.405 e. The molecule has 1 aliphatic heterocycles. The highest BCUT2D eigenvalue weighted by molar-refractivity contribution is 6.06. The van der Waals surface area contributed by atoms with Gasteiger partial charge in [-0.25, -0.2) is 9.79 Å². The zero-order valence-electron chi connectivity index (χ0n) is 9.61. The number of ether oxygens (including phenoxy) is 1. The van der Waals surface area contributed by atoms with Crippen LogP contribution in [0.5, 0.6) is 0 Å². The fourth-order valence-corrected chi connectivity index (χ4v) is 1.91. The number of esters is 1. The lowest BCUT2D eigenvalue weighted by Gasteiger charge is -2.01. The predicted octanol–water partition coefficient (Wildman–Crippen LogP) is 2.73. The van der Waals surface area contributed by atoms with Gasteiger partial charge in [-0.2, -0.15) is 0 Å². The summed E-state index contributed by atoms with van der Waals surface area (Å²) in [7, 11) is 0. The van der Waals surface area contributed by atoms with Crippen LogP contribution in [0.1, 0.15) is 17.2 Å². The van der Waals surface area contributed by atoms with E-state index in [2.05, 4.69) is 4.99 Å². The predicted molar refractivity (Wildman–Crippen MR) is 68.3 cm³/mol. The van der Waals surface area contributed by atoms with Gasteiger partial charge in [-0.15, -0.1) is 0 Å². The third kappa shape index (κ3) is 1.91. The average molecular weight is 237 g/mol. The molecule has 18 heavy (non-hydrogen) atoms. The number of hydrogen-bond donors (Lipinski definition) is 0. The van der Waals surface area contributed by atoms with Crippen molar-refractivity contribution >= 4 is 11.9 Å². The normalized spacial score (nSPS) is 18.3. The topological polar surface area (TPSA) is 38.7 Å². The number of rotatable bonds is 2. The molecule has 0 saturated heterocycles. The summed E-state index contributed by atoms with van der Waals surface area (Å²) >= 11 is 0. The highest BCUT2D eigenvalue weighted by atomic mass is 16.6. The molecule has 3 rings (SSSR count). The van der Waals surface area contributed by atoms with Gasteiger partial charge in [0.2, 0.25) is 5.90 Å². The van der Waals surface area contributed by atoms with Crippen LogP contribution in [0.25, 0.3) is 0 Å². The van der Waals surface area contributed by atoms with Gasteiger partial charge in [-0.05, 0) is 17.7 Å². The molecule has 0 fully saturated rings. The highest BCUT2D eigenvalue weighted by Gasteiger charge is 2.30. The van der Waals surface area contributed by atoms with E-state index in [-0.39, 0.29) is 5.97 Å². The van der Waals surface area contributed by atoms with Crippen molar-refractivity contribution in [3.05, 3.63) is 71.8 Å². The standard InChI is InChI=1S/C15H11NO2/c17-15-13(11-7-3-1-4-8-11)16-14(18-15)12-9-5-2-6-10-12/h1-10,13H/t13-/m1/s1. The van der Waals surface area contributed by atoms with E-state index in [1.54, 1.807) is 0 Å². The van der Waals surface area contributed by atoms with E-state index >= 15 is 0 Å². The minimum absolute atomic E-state index is 0.319. The molecule has 0 bridgehead atoms. The summed E-state index contributed by atoms with van der Waals surface area (Å²) in [5, 5.41) is 0. The van der Waals surface area contributed by atoms with Gasteiger partial charge in [-0.1, -0.05) is 48.5 Å². The Hall–Kier alpha value is -2.42. The van der Waals surface area contributed by atoms with E-state index in [4.69, 9.17) is 4.74 Å². The van der Waals surface area contributed by atoms with Crippen LogP contribution in [0.2, 0.25) is 0 Å². The maximum absolute atomic E-state index is 11.8. The van der Waals surface area contributed by atoms with E-state index in [0.29, 0.717) is 5.90 Å². The van der Waals surface area contributed by atoms with Crippen LogP contribution in [-0.4, -0.2) is 11.9 Å². The molecule has 0 amide bonds. The minimum atomic E-state index is -0.540. The van der Waals surface area contributed by atoms with Crippen molar-refractivity contribution in [2.75, 3.05) is 0 Å². The molecular formula is C15H11NO2. The maximum atomic E-state index is 11.8. The smallest absolute Gasteiger partial charge is 0.342 e. The molecule has 88 valence electrons.